The summed E-state index contributed by atoms with van der Waals surface area (Å²) in [7, 11) is 0. The molecule has 3 fully saturated rings. The van der Waals surface area contributed by atoms with Gasteiger partial charge in [-0.25, -0.2) is 4.79 Å². The molecular formula is C17H24O3. The van der Waals surface area contributed by atoms with E-state index in [1.165, 1.54) is 32.1 Å². The lowest BCUT2D eigenvalue weighted by atomic mass is 9.41. The molecule has 0 aromatic heterocycles. The predicted octanol–water partition coefficient (Wildman–Crippen LogP) is 3.13. The van der Waals surface area contributed by atoms with Gasteiger partial charge in [-0.05, 0) is 60.8 Å². The Morgan fingerprint density at radius 2 is 2.00 bits per heavy atom. The molecule has 4 aliphatic carbocycles. The van der Waals surface area contributed by atoms with Crippen molar-refractivity contribution < 1.29 is 15.0 Å². The SMILES string of the molecule is C[C@@]12CCC[C@]3(C)[C@H](CC1)CC1=C(C(=O)O)[C@H](O)C[C@@]123. The largest absolute Gasteiger partial charge is 0.478 e. The number of aliphatic hydroxyl groups is 1. The first-order valence-electron chi connectivity index (χ1n) is 8.01. The third-order valence-corrected chi connectivity index (χ3v) is 7.73. The zero-order valence-corrected chi connectivity index (χ0v) is 12.4. The van der Waals surface area contributed by atoms with Crippen molar-refractivity contribution >= 4 is 5.97 Å². The highest BCUT2D eigenvalue weighted by atomic mass is 16.4. The Labute approximate surface area is 120 Å². The van der Waals surface area contributed by atoms with Crippen LogP contribution >= 0.6 is 0 Å². The topological polar surface area (TPSA) is 57.5 Å². The highest BCUT2D eigenvalue weighted by Gasteiger charge is 2.73. The first-order chi connectivity index (χ1) is 9.36. The van der Waals surface area contributed by atoms with Crippen molar-refractivity contribution in [2.45, 2.75) is 64.9 Å². The molecule has 20 heavy (non-hydrogen) atoms. The van der Waals surface area contributed by atoms with Gasteiger partial charge in [-0.2, -0.15) is 0 Å². The number of hydrogen-bond acceptors (Lipinski definition) is 2. The van der Waals surface area contributed by atoms with Crippen LogP contribution in [0.5, 0.6) is 0 Å². The van der Waals surface area contributed by atoms with Crippen molar-refractivity contribution in [3.63, 3.8) is 0 Å². The Balaban J connectivity index is 2.01. The highest BCUT2D eigenvalue weighted by molar-refractivity contribution is 5.90. The lowest BCUT2D eigenvalue weighted by Gasteiger charge is -2.63. The van der Waals surface area contributed by atoms with Gasteiger partial charge in [-0.3, -0.25) is 0 Å². The Morgan fingerprint density at radius 3 is 2.70 bits per heavy atom. The fourth-order valence-electron chi connectivity index (χ4n) is 6.93. The van der Waals surface area contributed by atoms with Gasteiger partial charge in [-0.15, -0.1) is 0 Å². The summed E-state index contributed by atoms with van der Waals surface area (Å²) in [5.41, 5.74) is 1.86. The third kappa shape index (κ3) is 1.09. The standard InChI is InChI=1S/C17H24O3/c1-15-5-3-6-16(2)10(4-7-15)8-11-13(14(19)20)12(18)9-17(11,15)16/h10,12,18H,3-9H2,1-2H3,(H,19,20)/t10-,12-,15-,16-,17-/m1/s1. The minimum atomic E-state index is -0.887. The summed E-state index contributed by atoms with van der Waals surface area (Å²) in [6.07, 6.45) is 6.93. The van der Waals surface area contributed by atoms with Gasteiger partial charge in [0.1, 0.15) is 0 Å². The number of aliphatic carboxylic acids is 1. The molecule has 3 saturated carbocycles. The van der Waals surface area contributed by atoms with Gasteiger partial charge in [0.25, 0.3) is 0 Å². The molecule has 4 bridgehead atoms. The Kier molecular flexibility index (Phi) is 2.25. The fraction of sp³-hybridized carbons (Fsp3) is 0.824. The summed E-state index contributed by atoms with van der Waals surface area (Å²) in [5.74, 6) is -0.255. The van der Waals surface area contributed by atoms with E-state index in [2.05, 4.69) is 13.8 Å². The second-order valence-corrected chi connectivity index (χ2v) is 8.09. The van der Waals surface area contributed by atoms with Crippen molar-refractivity contribution in [3.8, 4) is 0 Å². The smallest absolute Gasteiger partial charge is 0.334 e. The van der Waals surface area contributed by atoms with Crippen LogP contribution < -0.4 is 0 Å². The van der Waals surface area contributed by atoms with E-state index in [0.29, 0.717) is 17.9 Å². The van der Waals surface area contributed by atoms with Gasteiger partial charge in [0, 0.05) is 5.41 Å². The molecule has 0 aromatic carbocycles. The maximum Gasteiger partial charge on any atom is 0.334 e. The van der Waals surface area contributed by atoms with E-state index in [1.807, 2.05) is 0 Å². The van der Waals surface area contributed by atoms with Crippen LogP contribution in [0.25, 0.3) is 0 Å². The van der Waals surface area contributed by atoms with Crippen LogP contribution in [0, 0.1) is 22.2 Å². The second kappa shape index (κ2) is 3.49. The quantitative estimate of drug-likeness (QED) is 0.773. The fourth-order valence-corrected chi connectivity index (χ4v) is 6.93. The van der Waals surface area contributed by atoms with Crippen molar-refractivity contribution in [1.29, 1.82) is 0 Å². The van der Waals surface area contributed by atoms with Gasteiger partial charge < -0.3 is 10.2 Å². The Bertz CT molecular complexity index is 536. The van der Waals surface area contributed by atoms with Gasteiger partial charge in [-0.1, -0.05) is 20.3 Å². The van der Waals surface area contributed by atoms with Crippen LogP contribution in [-0.2, 0) is 4.79 Å². The molecule has 0 saturated heterocycles. The Morgan fingerprint density at radius 1 is 1.25 bits per heavy atom. The molecular weight excluding hydrogens is 252 g/mol. The highest BCUT2D eigenvalue weighted by Crippen LogP contribution is 2.80. The monoisotopic (exact) mass is 276 g/mol. The van der Waals surface area contributed by atoms with E-state index in [4.69, 9.17) is 0 Å². The van der Waals surface area contributed by atoms with Crippen LogP contribution in [-0.4, -0.2) is 22.3 Å². The molecule has 4 rings (SSSR count). The van der Waals surface area contributed by atoms with Crippen LogP contribution in [0.3, 0.4) is 0 Å². The number of carboxylic acids is 1. The summed E-state index contributed by atoms with van der Waals surface area (Å²) in [4.78, 5) is 11.7. The Hall–Kier alpha value is -0.830. The molecule has 0 aliphatic heterocycles. The predicted molar refractivity (Wildman–Crippen MR) is 75.1 cm³/mol. The zero-order chi connectivity index (χ0) is 14.3. The maximum atomic E-state index is 11.7. The van der Waals surface area contributed by atoms with Gasteiger partial charge in [0.15, 0.2) is 0 Å². The van der Waals surface area contributed by atoms with E-state index < -0.39 is 12.1 Å². The first kappa shape index (κ1) is 12.9. The molecule has 5 atom stereocenters. The normalized spacial score (nSPS) is 53.1. The summed E-state index contributed by atoms with van der Waals surface area (Å²) >= 11 is 0. The molecule has 0 aromatic rings. The van der Waals surface area contributed by atoms with Gasteiger partial charge >= 0.3 is 5.97 Å². The minimum Gasteiger partial charge on any atom is -0.478 e. The number of hydrogen-bond donors (Lipinski definition) is 2. The maximum absolute atomic E-state index is 11.7. The summed E-state index contributed by atoms with van der Waals surface area (Å²) in [5, 5.41) is 20.0. The zero-order valence-electron chi connectivity index (χ0n) is 12.4. The van der Waals surface area contributed by atoms with Crippen LogP contribution in [0.15, 0.2) is 11.1 Å². The lowest BCUT2D eigenvalue weighted by Crippen LogP contribution is -2.56. The molecule has 4 aliphatic rings. The van der Waals surface area contributed by atoms with Crippen molar-refractivity contribution in [2.24, 2.45) is 22.2 Å². The number of carbonyl (C=O) groups is 1. The van der Waals surface area contributed by atoms with Crippen molar-refractivity contribution in [3.05, 3.63) is 11.1 Å². The number of carboxylic acid groups (broad SMARTS) is 1. The van der Waals surface area contributed by atoms with E-state index >= 15 is 0 Å². The average molecular weight is 276 g/mol. The number of aliphatic hydroxyl groups excluding tert-OH is 1. The van der Waals surface area contributed by atoms with E-state index in [-0.39, 0.29) is 16.2 Å². The molecule has 1 spiro atoms. The van der Waals surface area contributed by atoms with Crippen LogP contribution in [0.2, 0.25) is 0 Å². The third-order valence-electron chi connectivity index (χ3n) is 7.73. The molecule has 0 heterocycles. The summed E-state index contributed by atoms with van der Waals surface area (Å²) in [6, 6.07) is 0. The first-order valence-corrected chi connectivity index (χ1v) is 8.01. The molecule has 0 radical (unpaired) electrons. The van der Waals surface area contributed by atoms with Crippen molar-refractivity contribution in [1.82, 2.24) is 0 Å². The minimum absolute atomic E-state index is 0.0334. The second-order valence-electron chi connectivity index (χ2n) is 8.09. The molecule has 0 unspecified atom stereocenters. The molecule has 3 nitrogen and oxygen atoms in total. The summed E-state index contributed by atoms with van der Waals surface area (Å²) < 4.78 is 0. The number of allylic oxidation sites excluding steroid dienone is 1. The average Bonchev–Trinajstić information content (AvgIpc) is 2.71. The van der Waals surface area contributed by atoms with E-state index in [9.17, 15) is 15.0 Å². The molecule has 110 valence electrons. The van der Waals surface area contributed by atoms with E-state index in [1.54, 1.807) is 0 Å². The van der Waals surface area contributed by atoms with Crippen LogP contribution in [0.1, 0.15) is 58.8 Å². The molecule has 3 heteroatoms. The van der Waals surface area contributed by atoms with Gasteiger partial charge in [0.2, 0.25) is 0 Å². The number of rotatable bonds is 1. The van der Waals surface area contributed by atoms with Crippen molar-refractivity contribution in [2.75, 3.05) is 0 Å². The molecule has 0 amide bonds. The van der Waals surface area contributed by atoms with E-state index in [0.717, 1.165) is 12.0 Å². The van der Waals surface area contributed by atoms with Crippen LogP contribution in [0.4, 0.5) is 0 Å². The lowest BCUT2D eigenvalue weighted by molar-refractivity contribution is -0.137. The van der Waals surface area contributed by atoms with Gasteiger partial charge in [0.05, 0.1) is 11.7 Å². The summed E-state index contributed by atoms with van der Waals surface area (Å²) in [6.45, 7) is 4.75. The molecule has 2 N–H and O–H groups in total.